The zero-order chi connectivity index (χ0) is 10.6. The SMILES string of the molecule is C=CCC(=O)N(C)c1ccc(O)cc1. The Morgan fingerprint density at radius 1 is 1.50 bits per heavy atom. The van der Waals surface area contributed by atoms with Crippen molar-refractivity contribution in [2.75, 3.05) is 11.9 Å². The van der Waals surface area contributed by atoms with Crippen molar-refractivity contribution in [3.8, 4) is 5.75 Å². The van der Waals surface area contributed by atoms with Gasteiger partial charge in [0.25, 0.3) is 0 Å². The van der Waals surface area contributed by atoms with Crippen LogP contribution < -0.4 is 4.90 Å². The highest BCUT2D eigenvalue weighted by Crippen LogP contribution is 2.17. The predicted octanol–water partition coefficient (Wildman–Crippen LogP) is 1.93. The first-order chi connectivity index (χ1) is 6.65. The third kappa shape index (κ3) is 2.36. The molecule has 0 aliphatic rings. The van der Waals surface area contributed by atoms with E-state index in [2.05, 4.69) is 6.58 Å². The van der Waals surface area contributed by atoms with Crippen molar-refractivity contribution >= 4 is 11.6 Å². The normalized spacial score (nSPS) is 9.50. The van der Waals surface area contributed by atoms with E-state index in [4.69, 9.17) is 5.11 Å². The van der Waals surface area contributed by atoms with Gasteiger partial charge in [-0.1, -0.05) is 6.08 Å². The Bertz CT molecular complexity index is 330. The summed E-state index contributed by atoms with van der Waals surface area (Å²) >= 11 is 0. The summed E-state index contributed by atoms with van der Waals surface area (Å²) in [7, 11) is 1.69. The van der Waals surface area contributed by atoms with E-state index >= 15 is 0 Å². The van der Waals surface area contributed by atoms with Crippen LogP contribution >= 0.6 is 0 Å². The molecular weight excluding hydrogens is 178 g/mol. The summed E-state index contributed by atoms with van der Waals surface area (Å²) < 4.78 is 0. The number of phenolic OH excluding ortho intramolecular Hbond substituents is 1. The number of carbonyl (C=O) groups is 1. The minimum atomic E-state index is -0.0225. The number of aromatic hydroxyl groups is 1. The number of anilines is 1. The van der Waals surface area contributed by atoms with Crippen LogP contribution in [-0.4, -0.2) is 18.1 Å². The van der Waals surface area contributed by atoms with Crippen LogP contribution in [0.4, 0.5) is 5.69 Å². The Hall–Kier alpha value is -1.77. The van der Waals surface area contributed by atoms with Gasteiger partial charge in [0.05, 0.1) is 0 Å². The average Bonchev–Trinajstić information content (AvgIpc) is 2.18. The standard InChI is InChI=1S/C11H13NO2/c1-3-4-11(14)12(2)9-5-7-10(13)8-6-9/h3,5-8,13H,1,4H2,2H3. The Morgan fingerprint density at radius 2 is 2.07 bits per heavy atom. The molecule has 0 aromatic heterocycles. The average molecular weight is 191 g/mol. The van der Waals surface area contributed by atoms with Gasteiger partial charge in [-0.15, -0.1) is 6.58 Å². The molecule has 1 aromatic rings. The zero-order valence-corrected chi connectivity index (χ0v) is 8.10. The summed E-state index contributed by atoms with van der Waals surface area (Å²) in [5.74, 6) is 0.170. The number of carbonyl (C=O) groups excluding carboxylic acids is 1. The maximum atomic E-state index is 11.4. The van der Waals surface area contributed by atoms with Gasteiger partial charge in [-0.05, 0) is 24.3 Å². The Morgan fingerprint density at radius 3 is 2.57 bits per heavy atom. The number of benzene rings is 1. The maximum absolute atomic E-state index is 11.4. The van der Waals surface area contributed by atoms with Crippen molar-refractivity contribution in [1.29, 1.82) is 0 Å². The minimum absolute atomic E-state index is 0.0225. The fraction of sp³-hybridized carbons (Fsp3) is 0.182. The molecule has 0 heterocycles. The summed E-state index contributed by atoms with van der Waals surface area (Å²) in [5.41, 5.74) is 0.759. The molecule has 14 heavy (non-hydrogen) atoms. The topological polar surface area (TPSA) is 40.5 Å². The Labute approximate surface area is 83.3 Å². The highest BCUT2D eigenvalue weighted by atomic mass is 16.3. The van der Waals surface area contributed by atoms with Crippen LogP contribution in [0.5, 0.6) is 5.75 Å². The summed E-state index contributed by atoms with van der Waals surface area (Å²) in [6.07, 6.45) is 1.89. The van der Waals surface area contributed by atoms with Gasteiger partial charge in [0.2, 0.25) is 5.91 Å². The van der Waals surface area contributed by atoms with E-state index in [9.17, 15) is 4.79 Å². The lowest BCUT2D eigenvalue weighted by Gasteiger charge is -2.16. The van der Waals surface area contributed by atoms with Gasteiger partial charge >= 0.3 is 0 Å². The molecule has 0 radical (unpaired) electrons. The lowest BCUT2D eigenvalue weighted by Crippen LogP contribution is -2.25. The maximum Gasteiger partial charge on any atom is 0.230 e. The van der Waals surface area contributed by atoms with Crippen molar-refractivity contribution in [2.45, 2.75) is 6.42 Å². The zero-order valence-electron chi connectivity index (χ0n) is 8.10. The largest absolute Gasteiger partial charge is 0.508 e. The van der Waals surface area contributed by atoms with Crippen molar-refractivity contribution in [1.82, 2.24) is 0 Å². The third-order valence-corrected chi connectivity index (χ3v) is 1.93. The number of nitrogens with zero attached hydrogens (tertiary/aromatic N) is 1. The molecular formula is C11H13NO2. The number of hydrogen-bond donors (Lipinski definition) is 1. The second-order valence-electron chi connectivity index (χ2n) is 2.96. The van der Waals surface area contributed by atoms with Crippen LogP contribution in [0.1, 0.15) is 6.42 Å². The molecule has 1 amide bonds. The fourth-order valence-corrected chi connectivity index (χ4v) is 1.08. The number of hydrogen-bond acceptors (Lipinski definition) is 2. The molecule has 1 N–H and O–H groups in total. The minimum Gasteiger partial charge on any atom is -0.508 e. The van der Waals surface area contributed by atoms with Crippen LogP contribution in [0.2, 0.25) is 0 Å². The highest BCUT2D eigenvalue weighted by Gasteiger charge is 2.08. The van der Waals surface area contributed by atoms with Crippen LogP contribution in [0, 0.1) is 0 Å². The summed E-state index contributed by atoms with van der Waals surface area (Å²) in [5, 5.41) is 9.06. The first-order valence-electron chi connectivity index (χ1n) is 4.31. The van der Waals surface area contributed by atoms with Crippen LogP contribution in [-0.2, 0) is 4.79 Å². The highest BCUT2D eigenvalue weighted by molar-refractivity contribution is 5.93. The monoisotopic (exact) mass is 191 g/mol. The molecule has 0 fully saturated rings. The van der Waals surface area contributed by atoms with Crippen molar-refractivity contribution in [2.24, 2.45) is 0 Å². The van der Waals surface area contributed by atoms with E-state index in [1.807, 2.05) is 0 Å². The Balaban J connectivity index is 2.78. The smallest absolute Gasteiger partial charge is 0.230 e. The molecule has 0 bridgehead atoms. The lowest BCUT2D eigenvalue weighted by molar-refractivity contribution is -0.117. The van der Waals surface area contributed by atoms with Crippen LogP contribution in [0.25, 0.3) is 0 Å². The second-order valence-corrected chi connectivity index (χ2v) is 2.96. The molecule has 0 aliphatic heterocycles. The molecule has 1 rings (SSSR count). The second kappa shape index (κ2) is 4.46. The first kappa shape index (κ1) is 10.3. The molecule has 0 atom stereocenters. The van der Waals surface area contributed by atoms with Gasteiger partial charge in [-0.2, -0.15) is 0 Å². The summed E-state index contributed by atoms with van der Waals surface area (Å²) in [6.45, 7) is 3.50. The van der Waals surface area contributed by atoms with Crippen molar-refractivity contribution in [3.05, 3.63) is 36.9 Å². The first-order valence-corrected chi connectivity index (χ1v) is 4.31. The molecule has 0 unspecified atom stereocenters. The van der Waals surface area contributed by atoms with E-state index in [-0.39, 0.29) is 11.7 Å². The third-order valence-electron chi connectivity index (χ3n) is 1.93. The van der Waals surface area contributed by atoms with E-state index in [1.165, 1.54) is 4.90 Å². The molecule has 0 aliphatic carbocycles. The Kier molecular flexibility index (Phi) is 3.29. The number of rotatable bonds is 3. The van der Waals surface area contributed by atoms with Gasteiger partial charge in [0.1, 0.15) is 5.75 Å². The van der Waals surface area contributed by atoms with Crippen molar-refractivity contribution in [3.63, 3.8) is 0 Å². The molecule has 0 spiro atoms. The van der Waals surface area contributed by atoms with Gasteiger partial charge in [0, 0.05) is 19.2 Å². The van der Waals surface area contributed by atoms with Crippen molar-refractivity contribution < 1.29 is 9.90 Å². The number of amides is 1. The van der Waals surface area contributed by atoms with E-state index in [0.717, 1.165) is 5.69 Å². The molecule has 0 saturated carbocycles. The molecule has 74 valence electrons. The van der Waals surface area contributed by atoms with E-state index < -0.39 is 0 Å². The molecule has 1 aromatic carbocycles. The van der Waals surface area contributed by atoms with Gasteiger partial charge in [-0.3, -0.25) is 4.79 Å². The molecule has 3 heteroatoms. The van der Waals surface area contributed by atoms with Gasteiger partial charge < -0.3 is 10.0 Å². The molecule has 3 nitrogen and oxygen atoms in total. The quantitative estimate of drug-likeness (QED) is 0.741. The predicted molar refractivity (Wildman–Crippen MR) is 56.3 cm³/mol. The number of phenols is 1. The molecule has 0 saturated heterocycles. The van der Waals surface area contributed by atoms with Gasteiger partial charge in [-0.25, -0.2) is 0 Å². The van der Waals surface area contributed by atoms with E-state index in [1.54, 1.807) is 37.4 Å². The summed E-state index contributed by atoms with van der Waals surface area (Å²) in [4.78, 5) is 12.9. The fourth-order valence-electron chi connectivity index (χ4n) is 1.08. The van der Waals surface area contributed by atoms with E-state index in [0.29, 0.717) is 6.42 Å². The van der Waals surface area contributed by atoms with Crippen LogP contribution in [0.3, 0.4) is 0 Å². The lowest BCUT2D eigenvalue weighted by atomic mass is 10.2. The summed E-state index contributed by atoms with van der Waals surface area (Å²) in [6, 6.07) is 6.48. The van der Waals surface area contributed by atoms with Crippen LogP contribution in [0.15, 0.2) is 36.9 Å². The van der Waals surface area contributed by atoms with Gasteiger partial charge in [0.15, 0.2) is 0 Å².